The molecule has 0 heterocycles. The van der Waals surface area contributed by atoms with Crippen molar-refractivity contribution < 1.29 is 23.6 Å². The zero-order valence-electron chi connectivity index (χ0n) is 15.5. The number of rotatable bonds is 9. The summed E-state index contributed by atoms with van der Waals surface area (Å²) in [5, 5.41) is 21.6. The van der Waals surface area contributed by atoms with Crippen LogP contribution in [0.15, 0.2) is 84.9 Å². The molecule has 150 valence electrons. The molecular weight excluding hydrogens is 393 g/mol. The molecule has 3 aromatic rings. The number of hydrogen-bond donors (Lipinski definition) is 1. The monoisotopic (exact) mass is 413 g/mol. The topological polar surface area (TPSA) is 98.9 Å². The number of aliphatic hydroxyl groups is 1. The van der Waals surface area contributed by atoms with Crippen LogP contribution in [0, 0.1) is 10.1 Å². The van der Waals surface area contributed by atoms with Gasteiger partial charge in [0.25, 0.3) is 5.69 Å². The van der Waals surface area contributed by atoms with Crippen molar-refractivity contribution in [3.05, 3.63) is 112 Å². The molecule has 0 bridgehead atoms. The molecule has 1 atom stereocenters. The smallest absolute Gasteiger partial charge is 0.364 e. The molecule has 0 fully saturated rings. The van der Waals surface area contributed by atoms with Gasteiger partial charge >= 0.3 is 7.60 Å². The Bertz CT molecular complexity index is 932. The Balaban J connectivity index is 1.81. The van der Waals surface area contributed by atoms with E-state index in [-0.39, 0.29) is 24.5 Å². The lowest BCUT2D eigenvalue weighted by Gasteiger charge is -2.24. The van der Waals surface area contributed by atoms with E-state index in [2.05, 4.69) is 0 Å². The average molecular weight is 413 g/mol. The number of non-ortho nitro benzene ring substituents is 1. The van der Waals surface area contributed by atoms with E-state index in [1.54, 1.807) is 24.3 Å². The van der Waals surface area contributed by atoms with E-state index in [0.29, 0.717) is 0 Å². The highest BCUT2D eigenvalue weighted by Crippen LogP contribution is 2.60. The lowest BCUT2D eigenvalue weighted by atomic mass is 10.2. The van der Waals surface area contributed by atoms with Gasteiger partial charge in [0.2, 0.25) is 0 Å². The molecule has 0 aliphatic carbocycles. The fraction of sp³-hybridized carbons (Fsp3) is 0.143. The Kier molecular flexibility index (Phi) is 6.90. The first-order valence-corrected chi connectivity index (χ1v) is 10.5. The quantitative estimate of drug-likeness (QED) is 0.294. The fourth-order valence-electron chi connectivity index (χ4n) is 2.61. The molecule has 0 spiro atoms. The van der Waals surface area contributed by atoms with Crippen LogP contribution < -0.4 is 0 Å². The molecule has 0 aromatic heterocycles. The predicted octanol–water partition coefficient (Wildman–Crippen LogP) is 5.21. The largest absolute Gasteiger partial charge is 0.376 e. The Labute approximate surface area is 168 Å². The highest BCUT2D eigenvalue weighted by atomic mass is 31.2. The summed E-state index contributed by atoms with van der Waals surface area (Å²) in [5.74, 6) is -1.59. The third-order valence-electron chi connectivity index (χ3n) is 4.21. The first kappa shape index (κ1) is 20.9. The zero-order valence-corrected chi connectivity index (χ0v) is 16.4. The van der Waals surface area contributed by atoms with Crippen LogP contribution in [0.3, 0.4) is 0 Å². The van der Waals surface area contributed by atoms with E-state index in [1.807, 2.05) is 36.4 Å². The second-order valence-corrected chi connectivity index (χ2v) is 8.37. The molecule has 0 saturated carbocycles. The maximum atomic E-state index is 13.5. The Morgan fingerprint density at radius 3 is 1.69 bits per heavy atom. The second-order valence-electron chi connectivity index (χ2n) is 6.28. The van der Waals surface area contributed by atoms with Gasteiger partial charge < -0.3 is 14.2 Å². The van der Waals surface area contributed by atoms with Gasteiger partial charge in [-0.2, -0.15) is 0 Å². The standard InChI is InChI=1S/C21H20NO6P/c23-21(19-11-13-20(14-12-19)22(24)25)29(26,27-15-17-7-3-1-4-8-17)28-16-18-9-5-2-6-10-18/h1-14,21,23H,15-16H2/t21-/m0/s1. The van der Waals surface area contributed by atoms with Gasteiger partial charge in [0.1, 0.15) is 0 Å². The van der Waals surface area contributed by atoms with Gasteiger partial charge in [-0.1, -0.05) is 60.7 Å². The molecule has 3 rings (SSSR count). The number of nitro benzene ring substituents is 1. The van der Waals surface area contributed by atoms with E-state index in [4.69, 9.17) is 9.05 Å². The third-order valence-corrected chi connectivity index (χ3v) is 6.08. The second kappa shape index (κ2) is 9.58. The van der Waals surface area contributed by atoms with Crippen molar-refractivity contribution in [1.29, 1.82) is 0 Å². The fourth-order valence-corrected chi connectivity index (χ4v) is 4.16. The van der Waals surface area contributed by atoms with Crippen LogP contribution in [-0.4, -0.2) is 10.0 Å². The van der Waals surface area contributed by atoms with Crippen LogP contribution >= 0.6 is 7.60 Å². The summed E-state index contributed by atoms with van der Waals surface area (Å²) in [4.78, 5) is 10.3. The lowest BCUT2D eigenvalue weighted by molar-refractivity contribution is -0.384. The Morgan fingerprint density at radius 1 is 0.828 bits per heavy atom. The number of nitro groups is 1. The maximum absolute atomic E-state index is 13.5. The molecule has 0 radical (unpaired) electrons. The van der Waals surface area contributed by atoms with Gasteiger partial charge in [-0.15, -0.1) is 0 Å². The van der Waals surface area contributed by atoms with E-state index in [1.165, 1.54) is 24.3 Å². The van der Waals surface area contributed by atoms with Crippen molar-refractivity contribution in [2.75, 3.05) is 0 Å². The molecule has 0 saturated heterocycles. The van der Waals surface area contributed by atoms with Gasteiger partial charge in [-0.3, -0.25) is 14.7 Å². The van der Waals surface area contributed by atoms with E-state index < -0.39 is 18.4 Å². The molecule has 8 heteroatoms. The molecule has 3 aromatic carbocycles. The average Bonchev–Trinajstić information content (AvgIpc) is 2.77. The zero-order chi connectivity index (χ0) is 20.7. The van der Waals surface area contributed by atoms with E-state index in [9.17, 15) is 19.8 Å². The van der Waals surface area contributed by atoms with E-state index >= 15 is 0 Å². The van der Waals surface area contributed by atoms with Gasteiger partial charge in [0.15, 0.2) is 5.85 Å². The Hall–Kier alpha value is -2.83. The van der Waals surface area contributed by atoms with Crippen LogP contribution in [0.1, 0.15) is 22.5 Å². The van der Waals surface area contributed by atoms with E-state index in [0.717, 1.165) is 11.1 Å². The highest BCUT2D eigenvalue weighted by molar-refractivity contribution is 7.54. The van der Waals surface area contributed by atoms with Crippen LogP contribution in [-0.2, 0) is 26.8 Å². The van der Waals surface area contributed by atoms with Gasteiger partial charge in [-0.25, -0.2) is 0 Å². The number of aliphatic hydroxyl groups excluding tert-OH is 1. The predicted molar refractivity (Wildman–Crippen MR) is 108 cm³/mol. The minimum atomic E-state index is -4.02. The summed E-state index contributed by atoms with van der Waals surface area (Å²) < 4.78 is 24.6. The molecule has 0 amide bonds. The van der Waals surface area contributed by atoms with Crippen LogP contribution in [0.25, 0.3) is 0 Å². The van der Waals surface area contributed by atoms with Crippen LogP contribution in [0.2, 0.25) is 0 Å². The summed E-state index contributed by atoms with van der Waals surface area (Å²) in [5.41, 5.74) is 1.62. The number of hydrogen-bond acceptors (Lipinski definition) is 6. The third kappa shape index (κ3) is 5.59. The molecule has 1 N–H and O–H groups in total. The molecular formula is C21H20NO6P. The Morgan fingerprint density at radius 2 is 1.28 bits per heavy atom. The highest BCUT2D eigenvalue weighted by Gasteiger charge is 2.36. The van der Waals surface area contributed by atoms with Crippen molar-refractivity contribution >= 4 is 13.3 Å². The van der Waals surface area contributed by atoms with Crippen molar-refractivity contribution in [2.45, 2.75) is 19.1 Å². The molecule has 29 heavy (non-hydrogen) atoms. The summed E-state index contributed by atoms with van der Waals surface area (Å²) in [6.07, 6.45) is 0. The minimum absolute atomic E-state index is 0.0169. The molecule has 0 aliphatic rings. The molecule has 0 unspecified atom stereocenters. The van der Waals surface area contributed by atoms with Gasteiger partial charge in [0.05, 0.1) is 18.1 Å². The maximum Gasteiger partial charge on any atom is 0.364 e. The normalized spacial score (nSPS) is 12.4. The van der Waals surface area contributed by atoms with Crippen LogP contribution in [0.4, 0.5) is 5.69 Å². The summed E-state index contributed by atoms with van der Waals surface area (Å²) in [6.45, 7) is -0.0338. The summed E-state index contributed by atoms with van der Waals surface area (Å²) in [6, 6.07) is 23.3. The van der Waals surface area contributed by atoms with Crippen molar-refractivity contribution in [2.24, 2.45) is 0 Å². The number of benzene rings is 3. The molecule has 7 nitrogen and oxygen atoms in total. The lowest BCUT2D eigenvalue weighted by Crippen LogP contribution is -2.07. The summed E-state index contributed by atoms with van der Waals surface area (Å²) >= 11 is 0. The minimum Gasteiger partial charge on any atom is -0.376 e. The van der Waals surface area contributed by atoms with Gasteiger partial charge in [-0.05, 0) is 28.8 Å². The van der Waals surface area contributed by atoms with Crippen LogP contribution in [0.5, 0.6) is 0 Å². The summed E-state index contributed by atoms with van der Waals surface area (Å²) in [7, 11) is -4.02. The van der Waals surface area contributed by atoms with Gasteiger partial charge in [0, 0.05) is 12.1 Å². The first-order chi connectivity index (χ1) is 14.0. The van der Waals surface area contributed by atoms with Crippen molar-refractivity contribution in [1.82, 2.24) is 0 Å². The molecule has 0 aliphatic heterocycles. The SMILES string of the molecule is O=[N+]([O-])c1ccc([C@@H](O)P(=O)(OCc2ccccc2)OCc2ccccc2)cc1. The number of nitrogens with zero attached hydrogens (tertiary/aromatic N) is 1. The van der Waals surface area contributed by atoms with Crippen molar-refractivity contribution in [3.8, 4) is 0 Å². The first-order valence-electron chi connectivity index (χ1n) is 8.87. The van der Waals surface area contributed by atoms with Crippen molar-refractivity contribution in [3.63, 3.8) is 0 Å².